The quantitative estimate of drug-likeness (QED) is 0.881. The molecule has 2 aromatic carbocycles. The first-order valence-electron chi connectivity index (χ1n) is 7.50. The number of nitrogens with zero attached hydrogens (tertiary/aromatic N) is 2. The Morgan fingerprint density at radius 2 is 1.82 bits per heavy atom. The average molecular weight is 293 g/mol. The van der Waals surface area contributed by atoms with E-state index >= 15 is 0 Å². The van der Waals surface area contributed by atoms with E-state index in [-0.39, 0.29) is 5.91 Å². The van der Waals surface area contributed by atoms with Gasteiger partial charge in [-0.05, 0) is 18.1 Å². The predicted octanol–water partition coefficient (Wildman–Crippen LogP) is 2.84. The first-order valence-corrected chi connectivity index (χ1v) is 7.50. The summed E-state index contributed by atoms with van der Waals surface area (Å²) in [6.07, 6.45) is 1.98. The van der Waals surface area contributed by atoms with Gasteiger partial charge in [0.05, 0.1) is 12.3 Å². The summed E-state index contributed by atoms with van der Waals surface area (Å²) in [5.41, 5.74) is 9.68. The van der Waals surface area contributed by atoms with E-state index in [1.54, 1.807) is 5.01 Å². The fraction of sp³-hybridized carbons (Fsp3) is 0.222. The first-order chi connectivity index (χ1) is 10.7. The van der Waals surface area contributed by atoms with Crippen LogP contribution in [-0.4, -0.2) is 23.2 Å². The number of amides is 1. The number of carbonyl (C=O) groups excluding carboxylic acids is 1. The molecule has 0 unspecified atom stereocenters. The van der Waals surface area contributed by atoms with Gasteiger partial charge < -0.3 is 5.73 Å². The second-order valence-corrected chi connectivity index (χ2v) is 5.39. The Hall–Kier alpha value is -2.62. The molecule has 2 aromatic rings. The zero-order valence-corrected chi connectivity index (χ0v) is 12.4. The fourth-order valence-electron chi connectivity index (χ4n) is 2.61. The van der Waals surface area contributed by atoms with Crippen LogP contribution in [0.15, 0.2) is 59.7 Å². The van der Waals surface area contributed by atoms with E-state index in [2.05, 4.69) is 5.10 Å². The molecule has 0 bridgehead atoms. The lowest BCUT2D eigenvalue weighted by atomic mass is 10.1. The van der Waals surface area contributed by atoms with Gasteiger partial charge in [0.15, 0.2) is 0 Å². The fourth-order valence-corrected chi connectivity index (χ4v) is 2.61. The summed E-state index contributed by atoms with van der Waals surface area (Å²) < 4.78 is 0. The van der Waals surface area contributed by atoms with Gasteiger partial charge in [-0.1, -0.05) is 48.5 Å². The van der Waals surface area contributed by atoms with E-state index in [0.29, 0.717) is 18.7 Å². The number of hydrazone groups is 1. The largest absolute Gasteiger partial charge is 0.398 e. The molecule has 0 saturated carbocycles. The Labute approximate surface area is 130 Å². The van der Waals surface area contributed by atoms with Crippen LogP contribution in [0.4, 0.5) is 5.69 Å². The van der Waals surface area contributed by atoms with Gasteiger partial charge in [0.25, 0.3) is 0 Å². The molecule has 1 aliphatic rings. The van der Waals surface area contributed by atoms with Crippen LogP contribution in [-0.2, 0) is 11.2 Å². The van der Waals surface area contributed by atoms with Crippen molar-refractivity contribution in [3.05, 3.63) is 65.7 Å². The van der Waals surface area contributed by atoms with Crippen molar-refractivity contribution in [2.24, 2.45) is 5.10 Å². The van der Waals surface area contributed by atoms with Gasteiger partial charge >= 0.3 is 0 Å². The summed E-state index contributed by atoms with van der Waals surface area (Å²) in [6.45, 7) is 0.636. The maximum Gasteiger partial charge on any atom is 0.243 e. The van der Waals surface area contributed by atoms with Gasteiger partial charge in [-0.2, -0.15) is 5.10 Å². The van der Waals surface area contributed by atoms with Crippen molar-refractivity contribution >= 4 is 17.3 Å². The monoisotopic (exact) mass is 293 g/mol. The molecule has 2 N–H and O–H groups in total. The number of benzene rings is 2. The van der Waals surface area contributed by atoms with Crippen LogP contribution in [0.3, 0.4) is 0 Å². The molecule has 4 nitrogen and oxygen atoms in total. The Kier molecular flexibility index (Phi) is 4.19. The molecule has 4 heteroatoms. The summed E-state index contributed by atoms with van der Waals surface area (Å²) in [5, 5.41) is 6.03. The number of nitrogen functional groups attached to an aromatic ring is 1. The van der Waals surface area contributed by atoms with E-state index in [4.69, 9.17) is 5.73 Å². The smallest absolute Gasteiger partial charge is 0.243 e. The zero-order valence-electron chi connectivity index (χ0n) is 12.4. The van der Waals surface area contributed by atoms with Gasteiger partial charge in [-0.15, -0.1) is 0 Å². The third-order valence-corrected chi connectivity index (χ3v) is 3.83. The summed E-state index contributed by atoms with van der Waals surface area (Å²) in [6, 6.07) is 17.7. The molecular weight excluding hydrogens is 274 g/mol. The van der Waals surface area contributed by atoms with Gasteiger partial charge in [-0.25, -0.2) is 5.01 Å². The maximum absolute atomic E-state index is 12.3. The molecule has 0 fully saturated rings. The van der Waals surface area contributed by atoms with Crippen LogP contribution < -0.4 is 5.73 Å². The Morgan fingerprint density at radius 1 is 1.09 bits per heavy atom. The molecule has 112 valence electrons. The van der Waals surface area contributed by atoms with Crippen molar-refractivity contribution in [3.63, 3.8) is 0 Å². The van der Waals surface area contributed by atoms with Crippen molar-refractivity contribution in [3.8, 4) is 0 Å². The minimum Gasteiger partial charge on any atom is -0.398 e. The van der Waals surface area contributed by atoms with E-state index in [1.807, 2.05) is 54.6 Å². The molecule has 22 heavy (non-hydrogen) atoms. The number of para-hydroxylation sites is 1. The maximum atomic E-state index is 12.3. The van der Waals surface area contributed by atoms with E-state index in [1.165, 1.54) is 5.56 Å². The minimum absolute atomic E-state index is 0.0633. The van der Waals surface area contributed by atoms with E-state index < -0.39 is 0 Å². The van der Waals surface area contributed by atoms with E-state index in [0.717, 1.165) is 24.1 Å². The predicted molar refractivity (Wildman–Crippen MR) is 88.5 cm³/mol. The number of carbonyl (C=O) groups is 1. The minimum atomic E-state index is 0.0633. The Morgan fingerprint density at radius 3 is 2.59 bits per heavy atom. The highest BCUT2D eigenvalue weighted by Crippen LogP contribution is 2.19. The third kappa shape index (κ3) is 3.17. The van der Waals surface area contributed by atoms with Crippen LogP contribution >= 0.6 is 0 Å². The van der Waals surface area contributed by atoms with Crippen molar-refractivity contribution in [2.75, 3.05) is 12.3 Å². The number of rotatable bonds is 4. The average Bonchev–Trinajstić information content (AvgIpc) is 3.04. The van der Waals surface area contributed by atoms with Crippen molar-refractivity contribution in [1.29, 1.82) is 0 Å². The Balaban J connectivity index is 1.64. The van der Waals surface area contributed by atoms with Crippen molar-refractivity contribution in [2.45, 2.75) is 19.3 Å². The first kappa shape index (κ1) is 14.3. The van der Waals surface area contributed by atoms with Gasteiger partial charge in [-0.3, -0.25) is 4.79 Å². The molecule has 0 aromatic heterocycles. The Bertz CT molecular complexity index is 694. The van der Waals surface area contributed by atoms with Crippen molar-refractivity contribution < 1.29 is 4.79 Å². The van der Waals surface area contributed by atoms with Crippen LogP contribution in [0.25, 0.3) is 0 Å². The topological polar surface area (TPSA) is 58.7 Å². The highest BCUT2D eigenvalue weighted by atomic mass is 16.2. The van der Waals surface area contributed by atoms with Crippen LogP contribution in [0, 0.1) is 0 Å². The lowest BCUT2D eigenvalue weighted by Gasteiger charge is -2.11. The lowest BCUT2D eigenvalue weighted by molar-refractivity contribution is -0.130. The molecule has 0 spiro atoms. The second kappa shape index (κ2) is 6.43. The molecule has 0 atom stereocenters. The highest BCUT2D eigenvalue weighted by molar-refractivity contribution is 6.06. The van der Waals surface area contributed by atoms with Crippen LogP contribution in [0.1, 0.15) is 24.0 Å². The molecule has 0 saturated heterocycles. The number of anilines is 1. The molecule has 0 aliphatic carbocycles. The SMILES string of the molecule is Nc1ccccc1C1=NN(C(=O)CCc2ccccc2)CC1. The number of aryl methyl sites for hydroxylation is 1. The second-order valence-electron chi connectivity index (χ2n) is 5.39. The highest BCUT2D eigenvalue weighted by Gasteiger charge is 2.22. The molecule has 1 heterocycles. The van der Waals surface area contributed by atoms with Gasteiger partial charge in [0, 0.05) is 24.1 Å². The van der Waals surface area contributed by atoms with Crippen LogP contribution in [0.2, 0.25) is 0 Å². The number of hydrogen-bond donors (Lipinski definition) is 1. The summed E-state index contributed by atoms with van der Waals surface area (Å²) >= 11 is 0. The zero-order chi connectivity index (χ0) is 15.4. The molecular formula is C18H19N3O. The summed E-state index contributed by atoms with van der Waals surface area (Å²) in [4.78, 5) is 12.3. The van der Waals surface area contributed by atoms with Gasteiger partial charge in [0.1, 0.15) is 0 Å². The van der Waals surface area contributed by atoms with E-state index in [9.17, 15) is 4.79 Å². The molecule has 1 aliphatic heterocycles. The number of hydrogen-bond acceptors (Lipinski definition) is 3. The third-order valence-electron chi connectivity index (χ3n) is 3.83. The summed E-state index contributed by atoms with van der Waals surface area (Å²) in [5.74, 6) is 0.0633. The lowest BCUT2D eigenvalue weighted by Crippen LogP contribution is -2.23. The standard InChI is InChI=1S/C18H19N3O/c19-16-9-5-4-8-15(16)17-12-13-21(20-17)18(22)11-10-14-6-2-1-3-7-14/h1-9H,10-13,19H2. The molecule has 1 amide bonds. The molecule has 3 rings (SSSR count). The normalized spacial score (nSPS) is 14.0. The summed E-state index contributed by atoms with van der Waals surface area (Å²) in [7, 11) is 0. The molecule has 0 radical (unpaired) electrons. The number of nitrogens with two attached hydrogens (primary N) is 1. The van der Waals surface area contributed by atoms with Crippen molar-refractivity contribution in [1.82, 2.24) is 5.01 Å². The van der Waals surface area contributed by atoms with Gasteiger partial charge in [0.2, 0.25) is 5.91 Å². The van der Waals surface area contributed by atoms with Crippen LogP contribution in [0.5, 0.6) is 0 Å².